The summed E-state index contributed by atoms with van der Waals surface area (Å²) in [4.78, 5) is 0. The molecule has 0 atom stereocenters. The average molecular weight is 143 g/mol. The molecule has 1 nitrogen and oxygen atoms in total. The molecule has 0 aromatic rings. The van der Waals surface area contributed by atoms with Crippen LogP contribution in [0.3, 0.4) is 0 Å². The van der Waals surface area contributed by atoms with Gasteiger partial charge in [0.2, 0.25) is 0 Å². The zero-order chi connectivity index (χ0) is 8.24. The predicted octanol–water partition coefficient (Wildman–Crippen LogP) is -1.59. The monoisotopic (exact) mass is 143 g/mol. The first-order valence-electron chi connectivity index (χ1n) is 2.98. The molecule has 2 heteroatoms. The van der Waals surface area contributed by atoms with Crippen LogP contribution in [0.2, 0.25) is 0 Å². The first-order valence-corrected chi connectivity index (χ1v) is 2.98. The molecule has 1 N–H and O–H groups in total. The van der Waals surface area contributed by atoms with Gasteiger partial charge in [0.05, 0.1) is 0 Å². The fourth-order valence-electron chi connectivity index (χ4n) is 0.287. The van der Waals surface area contributed by atoms with Gasteiger partial charge < -0.3 is 17.7 Å². The largest absolute Gasteiger partial charge is 1.00 e. The van der Waals surface area contributed by atoms with Crippen molar-refractivity contribution >= 4 is 0 Å². The van der Waals surface area contributed by atoms with E-state index in [1.165, 1.54) is 0 Å². The van der Waals surface area contributed by atoms with Gasteiger partial charge in [0.1, 0.15) is 0 Å². The van der Waals surface area contributed by atoms with Crippen molar-refractivity contribution in [3.8, 4) is 12.3 Å². The maximum Gasteiger partial charge on any atom is 1.00 e. The van der Waals surface area contributed by atoms with E-state index in [1.54, 1.807) is 0 Å². The van der Waals surface area contributed by atoms with Crippen molar-refractivity contribution in [2.45, 2.75) is 0 Å². The number of hydrogen-bond donors (Lipinski definition) is 1. The first kappa shape index (κ1) is 16.8. The SMILES string of the molecule is C#C[CH2-].C=CCNCC=C.[Li+]. The quantitative estimate of drug-likeness (QED) is 0.164. The van der Waals surface area contributed by atoms with Gasteiger partial charge in [-0.25, -0.2) is 0 Å². The summed E-state index contributed by atoms with van der Waals surface area (Å²) in [6.45, 7) is 11.8. The van der Waals surface area contributed by atoms with Gasteiger partial charge in [0.15, 0.2) is 0 Å². The zero-order valence-corrected chi connectivity index (χ0v) is 7.27. The van der Waals surface area contributed by atoms with Crippen molar-refractivity contribution in [3.05, 3.63) is 32.2 Å². The van der Waals surface area contributed by atoms with Crippen LogP contribution in [-0.4, -0.2) is 13.1 Å². The van der Waals surface area contributed by atoms with E-state index in [2.05, 4.69) is 31.8 Å². The molecular formula is C9H14LiN. The maximum absolute atomic E-state index is 4.49. The maximum atomic E-state index is 4.49. The van der Waals surface area contributed by atoms with Crippen molar-refractivity contribution in [1.29, 1.82) is 0 Å². The molecular weight excluding hydrogens is 129 g/mol. The summed E-state index contributed by atoms with van der Waals surface area (Å²) < 4.78 is 0. The zero-order valence-electron chi connectivity index (χ0n) is 7.27. The van der Waals surface area contributed by atoms with Crippen LogP contribution in [0.5, 0.6) is 0 Å². The van der Waals surface area contributed by atoms with Gasteiger partial charge >= 0.3 is 18.9 Å². The number of rotatable bonds is 4. The molecule has 0 heterocycles. The third-order valence-electron chi connectivity index (χ3n) is 0.577. The molecule has 0 bridgehead atoms. The summed E-state index contributed by atoms with van der Waals surface area (Å²) in [6.07, 6.45) is 8.13. The normalized spacial score (nSPS) is 5.73. The van der Waals surface area contributed by atoms with Crippen LogP contribution in [0, 0.1) is 19.3 Å². The van der Waals surface area contributed by atoms with Gasteiger partial charge in [-0.2, -0.15) is 6.92 Å². The minimum Gasteiger partial charge on any atom is -0.345 e. The van der Waals surface area contributed by atoms with Crippen molar-refractivity contribution in [3.63, 3.8) is 0 Å². The predicted molar refractivity (Wildman–Crippen MR) is 47.5 cm³/mol. The second-order valence-electron chi connectivity index (χ2n) is 1.44. The Bertz CT molecular complexity index is 105. The molecule has 0 saturated carbocycles. The van der Waals surface area contributed by atoms with Crippen molar-refractivity contribution in [2.75, 3.05) is 13.1 Å². The van der Waals surface area contributed by atoms with Crippen LogP contribution in [0.25, 0.3) is 0 Å². The van der Waals surface area contributed by atoms with E-state index in [1.807, 2.05) is 18.1 Å². The van der Waals surface area contributed by atoms with Crippen molar-refractivity contribution in [1.82, 2.24) is 5.32 Å². The molecule has 0 spiro atoms. The molecule has 0 fully saturated rings. The van der Waals surface area contributed by atoms with Crippen LogP contribution < -0.4 is 24.2 Å². The molecule has 11 heavy (non-hydrogen) atoms. The van der Waals surface area contributed by atoms with E-state index in [4.69, 9.17) is 0 Å². The summed E-state index contributed by atoms with van der Waals surface area (Å²) in [6, 6.07) is 0. The van der Waals surface area contributed by atoms with Gasteiger partial charge in [-0.15, -0.1) is 13.2 Å². The molecule has 0 aromatic carbocycles. The Morgan fingerprint density at radius 3 is 1.82 bits per heavy atom. The average Bonchev–Trinajstić information content (AvgIpc) is 1.91. The standard InChI is InChI=1S/C6H11N.C3H3.Li/c1-3-5-7-6-4-2;1-3-2;/h3-4,7H,1-2,5-6H2;1H,2H2;/q;-1;+1. The molecule has 0 aliphatic rings. The van der Waals surface area contributed by atoms with E-state index >= 15 is 0 Å². The summed E-state index contributed by atoms with van der Waals surface area (Å²) in [5.74, 6) is 2.00. The molecule has 0 aliphatic carbocycles. The Labute approximate surface area is 82.1 Å². The molecule has 0 radical (unpaired) electrons. The molecule has 0 unspecified atom stereocenters. The van der Waals surface area contributed by atoms with Crippen LogP contribution >= 0.6 is 0 Å². The molecule has 0 rings (SSSR count). The fourth-order valence-corrected chi connectivity index (χ4v) is 0.287. The van der Waals surface area contributed by atoms with Crippen LogP contribution in [0.4, 0.5) is 0 Å². The Morgan fingerprint density at radius 1 is 1.36 bits per heavy atom. The summed E-state index contributed by atoms with van der Waals surface area (Å²) in [5.41, 5.74) is 0. The Kier molecular flexibility index (Phi) is 34.7. The van der Waals surface area contributed by atoms with Crippen molar-refractivity contribution < 1.29 is 18.9 Å². The third kappa shape index (κ3) is 43.9. The second kappa shape index (κ2) is 22.7. The van der Waals surface area contributed by atoms with Gasteiger partial charge in [0, 0.05) is 13.1 Å². The molecule has 0 aromatic heterocycles. The summed E-state index contributed by atoms with van der Waals surface area (Å²) in [5, 5.41) is 3.05. The van der Waals surface area contributed by atoms with Gasteiger partial charge in [0.25, 0.3) is 0 Å². The van der Waals surface area contributed by atoms with Crippen LogP contribution in [0.1, 0.15) is 0 Å². The molecule has 0 amide bonds. The fraction of sp³-hybridized carbons (Fsp3) is 0.222. The van der Waals surface area contributed by atoms with Crippen LogP contribution in [0.15, 0.2) is 25.3 Å². The number of hydrogen-bond acceptors (Lipinski definition) is 1. The first-order chi connectivity index (χ1) is 4.83. The number of nitrogens with one attached hydrogen (secondary N) is 1. The number of terminal acetylenes is 1. The van der Waals surface area contributed by atoms with E-state index in [0.717, 1.165) is 13.1 Å². The van der Waals surface area contributed by atoms with E-state index in [0.29, 0.717) is 0 Å². The minimum absolute atomic E-state index is 0. The van der Waals surface area contributed by atoms with E-state index in [9.17, 15) is 0 Å². The van der Waals surface area contributed by atoms with Gasteiger partial charge in [-0.05, 0) is 0 Å². The Balaban J connectivity index is -0.000000140. The molecule has 0 aliphatic heterocycles. The third-order valence-corrected chi connectivity index (χ3v) is 0.577. The van der Waals surface area contributed by atoms with E-state index < -0.39 is 0 Å². The second-order valence-corrected chi connectivity index (χ2v) is 1.44. The van der Waals surface area contributed by atoms with Gasteiger partial charge in [-0.1, -0.05) is 12.2 Å². The summed E-state index contributed by atoms with van der Waals surface area (Å²) >= 11 is 0. The van der Waals surface area contributed by atoms with Gasteiger partial charge in [-0.3, -0.25) is 0 Å². The summed E-state index contributed by atoms with van der Waals surface area (Å²) in [7, 11) is 0. The minimum atomic E-state index is 0. The molecule has 0 saturated heterocycles. The smallest absolute Gasteiger partial charge is 0.345 e. The van der Waals surface area contributed by atoms with Crippen LogP contribution in [-0.2, 0) is 0 Å². The Hall–Kier alpha value is -0.533. The molecule has 56 valence electrons. The van der Waals surface area contributed by atoms with E-state index in [-0.39, 0.29) is 18.9 Å². The Morgan fingerprint density at radius 2 is 1.64 bits per heavy atom. The van der Waals surface area contributed by atoms with Crippen molar-refractivity contribution in [2.24, 2.45) is 0 Å². The topological polar surface area (TPSA) is 12.0 Å².